The molecule has 0 heterocycles. The van der Waals surface area contributed by atoms with Crippen LogP contribution in [0.15, 0.2) is 0 Å². The average molecular weight is 281 g/mol. The van der Waals surface area contributed by atoms with E-state index in [1.807, 2.05) is 0 Å². The molecule has 0 saturated heterocycles. The van der Waals surface area contributed by atoms with Gasteiger partial charge in [0.2, 0.25) is 0 Å². The minimum absolute atomic E-state index is 0. The van der Waals surface area contributed by atoms with E-state index >= 15 is 0 Å². The fourth-order valence-corrected chi connectivity index (χ4v) is 0. The Labute approximate surface area is 67.0 Å². The van der Waals surface area contributed by atoms with Crippen molar-refractivity contribution in [2.75, 3.05) is 0 Å². The second-order valence-electron chi connectivity index (χ2n) is 0.448. The van der Waals surface area contributed by atoms with E-state index in [-0.39, 0.29) is 38.2 Å². The Bertz CT molecular complexity index is 90.7. The Morgan fingerprint density at radius 3 is 1.17 bits per heavy atom. The fourth-order valence-electron chi connectivity index (χ4n) is 0. The maximum atomic E-state index is 8.82. The van der Waals surface area contributed by atoms with Crippen molar-refractivity contribution in [3.05, 3.63) is 0 Å². The Balaban J connectivity index is 0. The molecule has 0 aromatic heterocycles. The third kappa shape index (κ3) is 56.7. The van der Waals surface area contributed by atoms with E-state index in [4.69, 9.17) is 15.9 Å². The Morgan fingerprint density at radius 1 is 1.17 bits per heavy atom. The van der Waals surface area contributed by atoms with Crippen LogP contribution in [0, 0.1) is 38.2 Å². The Hall–Kier alpha value is 1.33. The first kappa shape index (κ1) is 10.3. The summed E-state index contributed by atoms with van der Waals surface area (Å²) in [5, 5.41) is 0. The molecule has 0 saturated carbocycles. The van der Waals surface area contributed by atoms with Crippen molar-refractivity contribution in [3.8, 4) is 0 Å². The van der Waals surface area contributed by atoms with Gasteiger partial charge >= 0.3 is 29.5 Å². The van der Waals surface area contributed by atoms with E-state index in [1.165, 1.54) is 0 Å². The van der Waals surface area contributed by atoms with Crippen molar-refractivity contribution in [1.82, 2.24) is 0 Å². The van der Waals surface area contributed by atoms with Crippen molar-refractivity contribution >= 4 is 0 Å². The predicted octanol–water partition coefficient (Wildman–Crippen LogP) is -1.35. The topological polar surface area (TPSA) is 74.6 Å². The first-order chi connectivity index (χ1) is 2.00. The Kier molecular flexibility index (Phi) is 5.76. The minimum atomic E-state index is -5.25. The molecular weight excluding hydrogens is 278 g/mol. The van der Waals surface area contributed by atoms with Gasteiger partial charge in [-0.15, -0.1) is 0 Å². The van der Waals surface area contributed by atoms with Gasteiger partial charge in [-0.3, -0.25) is 0 Å². The van der Waals surface area contributed by atoms with Crippen molar-refractivity contribution in [3.63, 3.8) is 0 Å². The van der Waals surface area contributed by atoms with Crippen LogP contribution in [0.5, 0.6) is 0 Å². The summed E-state index contributed by atoms with van der Waals surface area (Å²) in [6.45, 7) is 0. The molecule has 0 aliphatic carbocycles. The Morgan fingerprint density at radius 2 is 1.17 bits per heavy atom. The number of hydrogen-bond donors (Lipinski definition) is 2. The van der Waals surface area contributed by atoms with E-state index in [1.54, 1.807) is 0 Å². The molecule has 0 aliphatic heterocycles. The molecule has 0 rings (SSSR count). The number of rotatable bonds is 0. The molecule has 42 valence electrons. The van der Waals surface area contributed by atoms with Crippen LogP contribution < -0.4 is 0 Å². The summed E-state index contributed by atoms with van der Waals surface area (Å²) in [5.74, 6) is 0. The van der Waals surface area contributed by atoms with Gasteiger partial charge in [-0.1, -0.05) is 0 Å². The maximum absolute atomic E-state index is 8.82. The predicted molar refractivity (Wildman–Crippen MR) is 5.81 cm³/mol. The van der Waals surface area contributed by atoms with Gasteiger partial charge in [0.15, 0.2) is 0 Å². The van der Waals surface area contributed by atoms with Crippen LogP contribution in [-0.4, -0.2) is 8.32 Å². The van der Waals surface area contributed by atoms with Crippen LogP contribution in [0.4, 0.5) is 0 Å². The van der Waals surface area contributed by atoms with Gasteiger partial charge in [-0.2, -0.15) is 0 Å². The van der Waals surface area contributed by atoms with Crippen LogP contribution in [0.1, 0.15) is 0 Å². The summed E-state index contributed by atoms with van der Waals surface area (Å²) in [7, 11) is 0. The van der Waals surface area contributed by atoms with Crippen molar-refractivity contribution in [2.24, 2.45) is 0 Å². The summed E-state index contributed by atoms with van der Waals surface area (Å²) >= 11 is -5.25. The van der Waals surface area contributed by atoms with Crippen LogP contribution >= 0.6 is 0 Å². The fraction of sp³-hybridized carbons (Fsp3) is 0. The van der Waals surface area contributed by atoms with Crippen LogP contribution in [0.25, 0.3) is 0 Å². The van der Waals surface area contributed by atoms with Gasteiger partial charge in [-0.05, 0) is 0 Å². The molecular formula is H2CrDyO4. The van der Waals surface area contributed by atoms with Crippen LogP contribution in [-0.2, 0) is 21.2 Å². The summed E-state index contributed by atoms with van der Waals surface area (Å²) in [4.78, 5) is 0. The van der Waals surface area contributed by atoms with E-state index < -0.39 is 13.6 Å². The molecule has 0 aromatic rings. The quantitative estimate of drug-likeness (QED) is 0.575. The molecule has 6 heavy (non-hydrogen) atoms. The van der Waals surface area contributed by atoms with Gasteiger partial charge < -0.3 is 0 Å². The van der Waals surface area contributed by atoms with E-state index in [2.05, 4.69) is 0 Å². The molecule has 0 aliphatic rings. The molecule has 0 atom stereocenters. The second kappa shape index (κ2) is 3.34. The SMILES string of the molecule is [Dy].[O]=[Cr](=[O])([OH])[OH]. The molecule has 0 amide bonds. The standard InChI is InChI=1S/Cr.Dy.2H2O.2O/h;;2*1H2;;/q+2;;;;;/p-2. The summed E-state index contributed by atoms with van der Waals surface area (Å²) in [6.07, 6.45) is 0. The number of hydrogen-bond acceptors (Lipinski definition) is 2. The zero-order chi connectivity index (χ0) is 4.50. The molecule has 0 fully saturated rings. The summed E-state index contributed by atoms with van der Waals surface area (Å²) < 4.78 is 31.9. The molecule has 0 spiro atoms. The first-order valence-electron chi connectivity index (χ1n) is 0.698. The van der Waals surface area contributed by atoms with E-state index in [0.717, 1.165) is 0 Å². The van der Waals surface area contributed by atoms with E-state index in [9.17, 15) is 0 Å². The van der Waals surface area contributed by atoms with Crippen LogP contribution in [0.2, 0.25) is 0 Å². The molecule has 6 heteroatoms. The molecule has 0 bridgehead atoms. The normalized spacial score (nSPS) is 9.67. The van der Waals surface area contributed by atoms with Crippen molar-refractivity contribution < 1.29 is 67.7 Å². The summed E-state index contributed by atoms with van der Waals surface area (Å²) in [6, 6.07) is 0. The third-order valence-corrected chi connectivity index (χ3v) is 0. The van der Waals surface area contributed by atoms with Gasteiger partial charge in [0.25, 0.3) is 0 Å². The van der Waals surface area contributed by atoms with Crippen molar-refractivity contribution in [2.45, 2.75) is 0 Å². The van der Waals surface area contributed by atoms with E-state index in [0.29, 0.717) is 0 Å². The third-order valence-electron chi connectivity index (χ3n) is 0. The molecule has 4 nitrogen and oxygen atoms in total. The first-order valence-corrected chi connectivity index (χ1v) is 2.88. The van der Waals surface area contributed by atoms with Crippen molar-refractivity contribution in [1.29, 1.82) is 0 Å². The zero-order valence-electron chi connectivity index (χ0n) is 2.44. The van der Waals surface area contributed by atoms with Gasteiger partial charge in [-0.25, -0.2) is 0 Å². The van der Waals surface area contributed by atoms with Crippen LogP contribution in [0.3, 0.4) is 0 Å². The summed E-state index contributed by atoms with van der Waals surface area (Å²) in [5.41, 5.74) is 0. The molecule has 0 aromatic carbocycles. The zero-order valence-corrected chi connectivity index (χ0v) is 5.74. The second-order valence-corrected chi connectivity index (χ2v) is 1.85. The van der Waals surface area contributed by atoms with Gasteiger partial charge in [0, 0.05) is 38.2 Å². The molecule has 2 N–H and O–H groups in total. The van der Waals surface area contributed by atoms with Gasteiger partial charge in [0.1, 0.15) is 0 Å². The van der Waals surface area contributed by atoms with Gasteiger partial charge in [0.05, 0.1) is 0 Å². The monoisotopic (exact) mass is 282 g/mol. The molecule has 0 unspecified atom stereocenters. The average Bonchev–Trinajstić information content (AvgIpc) is 0.722. The molecule has 0 radical (unpaired) electrons.